The number of sulfonamides is 1. The zero-order chi connectivity index (χ0) is 22.0. The number of nitrogens with one attached hydrogen (secondary N) is 1. The maximum absolute atomic E-state index is 13.3. The SMILES string of the molecule is Cc1ccc(S(=O)(=O)N2CCN(CC(=O)Nc3ccccc3Cl)CC2)c2cccnc12. The summed E-state index contributed by atoms with van der Waals surface area (Å²) >= 11 is 6.08. The molecule has 0 unspecified atom stereocenters. The molecule has 3 aromatic rings. The van der Waals surface area contributed by atoms with Gasteiger partial charge in [-0.3, -0.25) is 14.7 Å². The lowest BCUT2D eigenvalue weighted by Crippen LogP contribution is -2.50. The number of aromatic nitrogens is 1. The minimum absolute atomic E-state index is 0.177. The van der Waals surface area contributed by atoms with Gasteiger partial charge in [0.15, 0.2) is 0 Å². The highest BCUT2D eigenvalue weighted by Crippen LogP contribution is 2.27. The van der Waals surface area contributed by atoms with Gasteiger partial charge in [-0.25, -0.2) is 8.42 Å². The highest BCUT2D eigenvalue weighted by molar-refractivity contribution is 7.89. The fourth-order valence-corrected chi connectivity index (χ4v) is 5.52. The molecule has 0 saturated carbocycles. The quantitative estimate of drug-likeness (QED) is 0.635. The highest BCUT2D eigenvalue weighted by Gasteiger charge is 2.30. The van der Waals surface area contributed by atoms with E-state index in [1.807, 2.05) is 11.8 Å². The minimum Gasteiger partial charge on any atom is -0.324 e. The number of pyridine rings is 1. The second kappa shape index (κ2) is 8.92. The third-order valence-electron chi connectivity index (χ3n) is 5.40. The van der Waals surface area contributed by atoms with Crippen molar-refractivity contribution >= 4 is 44.1 Å². The second-order valence-corrected chi connectivity index (χ2v) is 9.80. The molecule has 1 aliphatic heterocycles. The predicted molar refractivity (Wildman–Crippen MR) is 122 cm³/mol. The van der Waals surface area contributed by atoms with Gasteiger partial charge in [-0.1, -0.05) is 29.8 Å². The molecule has 1 fully saturated rings. The summed E-state index contributed by atoms with van der Waals surface area (Å²) < 4.78 is 28.1. The monoisotopic (exact) mass is 458 g/mol. The molecule has 2 aromatic carbocycles. The molecule has 4 rings (SSSR count). The fourth-order valence-electron chi connectivity index (χ4n) is 3.74. The Kier molecular flexibility index (Phi) is 6.24. The maximum Gasteiger partial charge on any atom is 0.243 e. The van der Waals surface area contributed by atoms with Crippen molar-refractivity contribution in [2.75, 3.05) is 38.0 Å². The first kappa shape index (κ1) is 21.7. The van der Waals surface area contributed by atoms with E-state index in [-0.39, 0.29) is 17.3 Å². The van der Waals surface area contributed by atoms with Gasteiger partial charge in [0, 0.05) is 37.8 Å². The average Bonchev–Trinajstić information content (AvgIpc) is 2.76. The topological polar surface area (TPSA) is 82.6 Å². The molecule has 0 bridgehead atoms. The number of aryl methyl sites for hydroxylation is 1. The van der Waals surface area contributed by atoms with Gasteiger partial charge in [-0.2, -0.15) is 4.31 Å². The molecular weight excluding hydrogens is 436 g/mol. The Morgan fingerprint density at radius 1 is 1.06 bits per heavy atom. The number of anilines is 1. The molecule has 9 heteroatoms. The number of hydrogen-bond acceptors (Lipinski definition) is 5. The van der Waals surface area contributed by atoms with E-state index in [9.17, 15) is 13.2 Å². The Bertz CT molecular complexity index is 1220. The Morgan fingerprint density at radius 2 is 1.81 bits per heavy atom. The Balaban J connectivity index is 1.42. The minimum atomic E-state index is -3.66. The molecule has 31 heavy (non-hydrogen) atoms. The molecule has 0 radical (unpaired) electrons. The van der Waals surface area contributed by atoms with E-state index in [0.717, 1.165) is 5.56 Å². The Hall–Kier alpha value is -2.52. The van der Waals surface area contributed by atoms with E-state index in [1.165, 1.54) is 4.31 Å². The average molecular weight is 459 g/mol. The van der Waals surface area contributed by atoms with Crippen LogP contribution in [0.3, 0.4) is 0 Å². The number of piperazine rings is 1. The van der Waals surface area contributed by atoms with E-state index in [0.29, 0.717) is 47.8 Å². The molecule has 7 nitrogen and oxygen atoms in total. The van der Waals surface area contributed by atoms with Crippen LogP contribution in [0.25, 0.3) is 10.9 Å². The number of carbonyl (C=O) groups is 1. The first-order valence-corrected chi connectivity index (χ1v) is 11.8. The van der Waals surface area contributed by atoms with Crippen LogP contribution >= 0.6 is 11.6 Å². The molecule has 1 aromatic heterocycles. The zero-order valence-corrected chi connectivity index (χ0v) is 18.7. The molecule has 162 valence electrons. The first-order chi connectivity index (χ1) is 14.9. The number of carbonyl (C=O) groups excluding carboxylic acids is 1. The van der Waals surface area contributed by atoms with E-state index in [2.05, 4.69) is 10.3 Å². The Morgan fingerprint density at radius 3 is 2.55 bits per heavy atom. The van der Waals surface area contributed by atoms with Crippen molar-refractivity contribution in [1.82, 2.24) is 14.2 Å². The number of nitrogens with zero attached hydrogens (tertiary/aromatic N) is 3. The van der Waals surface area contributed by atoms with Crippen LogP contribution in [0.2, 0.25) is 5.02 Å². The molecule has 0 atom stereocenters. The highest BCUT2D eigenvalue weighted by atomic mass is 35.5. The third-order valence-corrected chi connectivity index (χ3v) is 7.68. The van der Waals surface area contributed by atoms with Crippen LogP contribution in [0.5, 0.6) is 0 Å². The predicted octanol–water partition coefficient (Wildman–Crippen LogP) is 3.14. The van der Waals surface area contributed by atoms with E-state index < -0.39 is 10.0 Å². The summed E-state index contributed by atoms with van der Waals surface area (Å²) in [5, 5.41) is 3.91. The van der Waals surface area contributed by atoms with Gasteiger partial charge < -0.3 is 5.32 Å². The number of rotatable bonds is 5. The third kappa shape index (κ3) is 4.57. The molecule has 1 aliphatic rings. The van der Waals surface area contributed by atoms with Gasteiger partial charge in [-0.05, 0) is 42.8 Å². The van der Waals surface area contributed by atoms with Crippen molar-refractivity contribution in [2.24, 2.45) is 0 Å². The number of benzene rings is 2. The number of hydrogen-bond donors (Lipinski definition) is 1. The molecule has 1 amide bonds. The fraction of sp³-hybridized carbons (Fsp3) is 0.273. The summed E-state index contributed by atoms with van der Waals surface area (Å²) in [6, 6.07) is 14.0. The summed E-state index contributed by atoms with van der Waals surface area (Å²) in [6.45, 7) is 3.66. The summed E-state index contributed by atoms with van der Waals surface area (Å²) in [6.07, 6.45) is 1.66. The van der Waals surface area contributed by atoms with Gasteiger partial charge >= 0.3 is 0 Å². The van der Waals surface area contributed by atoms with Crippen LogP contribution in [-0.2, 0) is 14.8 Å². The number of halogens is 1. The summed E-state index contributed by atoms with van der Waals surface area (Å²) in [7, 11) is -3.66. The van der Waals surface area contributed by atoms with Crippen molar-refractivity contribution in [3.8, 4) is 0 Å². The second-order valence-electron chi connectivity index (χ2n) is 7.49. The van der Waals surface area contributed by atoms with Crippen molar-refractivity contribution in [2.45, 2.75) is 11.8 Å². The van der Waals surface area contributed by atoms with Gasteiger partial charge in [0.05, 0.1) is 27.7 Å². The summed E-state index contributed by atoms with van der Waals surface area (Å²) in [5.41, 5.74) is 2.19. The van der Waals surface area contributed by atoms with Gasteiger partial charge in [0.2, 0.25) is 15.9 Å². The standard InChI is InChI=1S/C22H23ClN4O3S/c1-16-8-9-20(17-5-4-10-24-22(16)17)31(29,30)27-13-11-26(12-14-27)15-21(28)25-19-7-3-2-6-18(19)23/h2-10H,11-15H2,1H3,(H,25,28). The smallest absolute Gasteiger partial charge is 0.243 e. The lowest BCUT2D eigenvalue weighted by atomic mass is 10.1. The number of amides is 1. The summed E-state index contributed by atoms with van der Waals surface area (Å²) in [4.78, 5) is 18.9. The van der Waals surface area contributed by atoms with Crippen LogP contribution in [0.15, 0.2) is 59.6 Å². The van der Waals surface area contributed by atoms with Gasteiger partial charge in [0.1, 0.15) is 0 Å². The molecule has 0 aliphatic carbocycles. The van der Waals surface area contributed by atoms with Crippen LogP contribution in [0.4, 0.5) is 5.69 Å². The van der Waals surface area contributed by atoms with Gasteiger partial charge in [0.25, 0.3) is 0 Å². The summed E-state index contributed by atoms with van der Waals surface area (Å²) in [5.74, 6) is -0.181. The lowest BCUT2D eigenvalue weighted by molar-refractivity contribution is -0.117. The van der Waals surface area contributed by atoms with E-state index in [4.69, 9.17) is 11.6 Å². The first-order valence-electron chi connectivity index (χ1n) is 9.97. The molecular formula is C22H23ClN4O3S. The van der Waals surface area contributed by atoms with Crippen molar-refractivity contribution in [1.29, 1.82) is 0 Å². The molecule has 1 N–H and O–H groups in total. The normalized spacial score (nSPS) is 15.8. The lowest BCUT2D eigenvalue weighted by Gasteiger charge is -2.33. The van der Waals surface area contributed by atoms with E-state index in [1.54, 1.807) is 54.7 Å². The maximum atomic E-state index is 13.3. The number of fused-ring (bicyclic) bond motifs is 1. The van der Waals surface area contributed by atoms with Crippen LogP contribution in [-0.4, -0.2) is 61.2 Å². The molecule has 1 saturated heterocycles. The van der Waals surface area contributed by atoms with Crippen molar-refractivity contribution in [3.05, 3.63) is 65.3 Å². The number of para-hydroxylation sites is 1. The zero-order valence-electron chi connectivity index (χ0n) is 17.1. The van der Waals surface area contributed by atoms with Crippen molar-refractivity contribution < 1.29 is 13.2 Å². The Labute approximate surface area is 186 Å². The van der Waals surface area contributed by atoms with Gasteiger partial charge in [-0.15, -0.1) is 0 Å². The van der Waals surface area contributed by atoms with Crippen molar-refractivity contribution in [3.63, 3.8) is 0 Å². The van der Waals surface area contributed by atoms with Crippen LogP contribution < -0.4 is 5.32 Å². The molecule has 0 spiro atoms. The van der Waals surface area contributed by atoms with E-state index >= 15 is 0 Å². The van der Waals surface area contributed by atoms with Crippen LogP contribution in [0, 0.1) is 6.92 Å². The molecule has 2 heterocycles. The largest absolute Gasteiger partial charge is 0.324 e. The van der Waals surface area contributed by atoms with Crippen LogP contribution in [0.1, 0.15) is 5.56 Å².